The Hall–Kier alpha value is -2.01. The van der Waals surface area contributed by atoms with E-state index in [9.17, 15) is 9.18 Å². The average molecular weight is 288 g/mol. The molecule has 1 N–H and O–H groups in total. The number of aryl methyl sites for hydroxylation is 1. The fourth-order valence-electron chi connectivity index (χ4n) is 2.17. The zero-order valence-electron chi connectivity index (χ0n) is 10.9. The predicted octanol–water partition coefficient (Wildman–Crippen LogP) is 3.24. The number of fused-ring (bicyclic) bond motifs is 1. The molecule has 1 aromatic heterocycles. The van der Waals surface area contributed by atoms with Gasteiger partial charge in [-0.3, -0.25) is 9.79 Å². The summed E-state index contributed by atoms with van der Waals surface area (Å²) in [5.74, 6) is -0.488. The smallest absolute Gasteiger partial charge is 0.246 e. The highest BCUT2D eigenvalue weighted by molar-refractivity contribution is 7.16. The van der Waals surface area contributed by atoms with Crippen LogP contribution in [-0.4, -0.2) is 18.2 Å². The van der Waals surface area contributed by atoms with E-state index in [1.165, 1.54) is 17.4 Å². The summed E-state index contributed by atoms with van der Waals surface area (Å²) in [6, 6.07) is 8.50. The fourth-order valence-corrected chi connectivity index (χ4v) is 3.18. The molecule has 0 fully saturated rings. The number of hydrogen-bond donors (Lipinski definition) is 1. The summed E-state index contributed by atoms with van der Waals surface area (Å²) in [5, 5.41) is 3.59. The number of rotatable bonds is 2. The van der Waals surface area contributed by atoms with Gasteiger partial charge in [0.15, 0.2) is 0 Å². The van der Waals surface area contributed by atoms with Crippen molar-refractivity contribution in [1.82, 2.24) is 0 Å². The molecule has 20 heavy (non-hydrogen) atoms. The third-order valence-corrected chi connectivity index (χ3v) is 4.34. The topological polar surface area (TPSA) is 41.5 Å². The monoisotopic (exact) mass is 288 g/mol. The number of carbonyl (C=O) groups excluding carboxylic acids is 1. The first kappa shape index (κ1) is 13.0. The number of hydrogen-bond acceptors (Lipinski definition) is 3. The summed E-state index contributed by atoms with van der Waals surface area (Å²) in [7, 11) is 0. The number of anilines is 1. The number of benzene rings is 1. The highest BCUT2D eigenvalue weighted by Gasteiger charge is 2.22. The molecule has 0 bridgehead atoms. The van der Waals surface area contributed by atoms with E-state index in [0.29, 0.717) is 11.3 Å². The second-order valence-electron chi connectivity index (χ2n) is 4.50. The van der Waals surface area contributed by atoms with Crippen LogP contribution in [-0.2, 0) is 11.2 Å². The highest BCUT2D eigenvalue weighted by atomic mass is 32.1. The van der Waals surface area contributed by atoms with Crippen molar-refractivity contribution in [2.24, 2.45) is 4.99 Å². The van der Waals surface area contributed by atoms with Crippen LogP contribution >= 0.6 is 11.3 Å². The molecular weight excluding hydrogens is 275 g/mol. The van der Waals surface area contributed by atoms with E-state index in [4.69, 9.17) is 0 Å². The van der Waals surface area contributed by atoms with Gasteiger partial charge in [0.2, 0.25) is 5.91 Å². The van der Waals surface area contributed by atoms with Gasteiger partial charge in [-0.25, -0.2) is 4.39 Å². The van der Waals surface area contributed by atoms with Crippen LogP contribution in [0.5, 0.6) is 0 Å². The van der Waals surface area contributed by atoms with Crippen LogP contribution in [0.4, 0.5) is 9.39 Å². The molecule has 0 saturated carbocycles. The van der Waals surface area contributed by atoms with Gasteiger partial charge in [0.1, 0.15) is 17.4 Å². The van der Waals surface area contributed by atoms with Crippen LogP contribution in [0.15, 0.2) is 35.3 Å². The second-order valence-corrected chi connectivity index (χ2v) is 5.64. The number of thiophene rings is 1. The Labute approximate surface area is 120 Å². The molecular formula is C15H13FN2OS. The minimum atomic E-state index is -0.323. The van der Waals surface area contributed by atoms with Crippen molar-refractivity contribution in [3.8, 4) is 0 Å². The molecule has 1 aromatic carbocycles. The fraction of sp³-hybridized carbons (Fsp3) is 0.200. The molecule has 1 amide bonds. The maximum absolute atomic E-state index is 14.0. The molecule has 1 aliphatic heterocycles. The zero-order valence-corrected chi connectivity index (χ0v) is 11.8. The van der Waals surface area contributed by atoms with Crippen LogP contribution in [0.2, 0.25) is 0 Å². The third kappa shape index (κ3) is 2.25. The first-order valence-electron chi connectivity index (χ1n) is 6.41. The maximum atomic E-state index is 14.0. The molecule has 5 heteroatoms. The van der Waals surface area contributed by atoms with Crippen molar-refractivity contribution in [1.29, 1.82) is 0 Å². The minimum Gasteiger partial charge on any atom is -0.316 e. The lowest BCUT2D eigenvalue weighted by Gasteiger charge is -2.06. The Morgan fingerprint density at radius 3 is 2.90 bits per heavy atom. The standard InChI is InChI=1S/C15H13FN2OS/c1-2-9-7-11-14(10-5-3-4-6-12(10)16)17-8-13(19)18-15(11)20-9/h3-7H,2,8H2,1H3,(H,18,19). The number of nitrogens with one attached hydrogen (secondary N) is 1. The van der Waals surface area contributed by atoms with Crippen LogP contribution in [0, 0.1) is 5.82 Å². The summed E-state index contributed by atoms with van der Waals surface area (Å²) < 4.78 is 14.0. The highest BCUT2D eigenvalue weighted by Crippen LogP contribution is 2.32. The predicted molar refractivity (Wildman–Crippen MR) is 79.2 cm³/mol. The van der Waals surface area contributed by atoms with Gasteiger partial charge in [-0.15, -0.1) is 11.3 Å². The van der Waals surface area contributed by atoms with Crippen molar-refractivity contribution >= 4 is 28.0 Å². The van der Waals surface area contributed by atoms with E-state index in [1.54, 1.807) is 18.2 Å². The third-order valence-electron chi connectivity index (χ3n) is 3.15. The first-order chi connectivity index (χ1) is 9.69. The molecule has 1 aliphatic rings. The molecule has 102 valence electrons. The van der Waals surface area contributed by atoms with E-state index in [0.717, 1.165) is 21.9 Å². The second kappa shape index (κ2) is 5.17. The average Bonchev–Trinajstić information content (AvgIpc) is 2.77. The van der Waals surface area contributed by atoms with E-state index in [1.807, 2.05) is 13.0 Å². The van der Waals surface area contributed by atoms with E-state index in [2.05, 4.69) is 10.3 Å². The zero-order chi connectivity index (χ0) is 14.1. The number of aliphatic imine (C=N–C) groups is 1. The van der Waals surface area contributed by atoms with Crippen LogP contribution < -0.4 is 5.32 Å². The minimum absolute atomic E-state index is 0.0204. The SMILES string of the molecule is CCc1cc2c(s1)NC(=O)CN=C2c1ccccc1F. The Bertz CT molecular complexity index is 706. The largest absolute Gasteiger partial charge is 0.316 e. The molecule has 3 rings (SSSR count). The Kier molecular flexibility index (Phi) is 3.36. The molecule has 3 nitrogen and oxygen atoms in total. The Morgan fingerprint density at radius 2 is 2.15 bits per heavy atom. The number of halogens is 1. The maximum Gasteiger partial charge on any atom is 0.246 e. The van der Waals surface area contributed by atoms with Gasteiger partial charge in [0.05, 0.1) is 5.71 Å². The van der Waals surface area contributed by atoms with Crippen molar-refractivity contribution in [2.45, 2.75) is 13.3 Å². The number of carbonyl (C=O) groups is 1. The molecule has 2 heterocycles. The van der Waals surface area contributed by atoms with Gasteiger partial charge in [0.25, 0.3) is 0 Å². The van der Waals surface area contributed by atoms with E-state index < -0.39 is 0 Å². The van der Waals surface area contributed by atoms with Gasteiger partial charge >= 0.3 is 0 Å². The van der Waals surface area contributed by atoms with E-state index in [-0.39, 0.29) is 18.3 Å². The summed E-state index contributed by atoms with van der Waals surface area (Å²) in [5.41, 5.74) is 1.79. The molecule has 0 radical (unpaired) electrons. The number of nitrogens with zero attached hydrogens (tertiary/aromatic N) is 1. The molecule has 0 atom stereocenters. The van der Waals surface area contributed by atoms with Gasteiger partial charge in [-0.1, -0.05) is 19.1 Å². The summed E-state index contributed by atoms with van der Waals surface area (Å²) >= 11 is 1.52. The summed E-state index contributed by atoms with van der Waals surface area (Å²) in [6.07, 6.45) is 0.873. The number of amides is 1. The molecule has 0 unspecified atom stereocenters. The van der Waals surface area contributed by atoms with Crippen LogP contribution in [0.3, 0.4) is 0 Å². The molecule has 0 aliphatic carbocycles. The van der Waals surface area contributed by atoms with Crippen molar-refractivity contribution < 1.29 is 9.18 Å². The first-order valence-corrected chi connectivity index (χ1v) is 7.23. The lowest BCUT2D eigenvalue weighted by molar-refractivity contribution is -0.114. The molecule has 0 saturated heterocycles. The molecule has 0 spiro atoms. The van der Waals surface area contributed by atoms with Crippen molar-refractivity contribution in [2.75, 3.05) is 11.9 Å². The van der Waals surface area contributed by atoms with Gasteiger partial charge in [-0.05, 0) is 24.6 Å². The van der Waals surface area contributed by atoms with Gasteiger partial charge in [0, 0.05) is 16.0 Å². The van der Waals surface area contributed by atoms with Crippen molar-refractivity contribution in [3.63, 3.8) is 0 Å². The summed E-state index contributed by atoms with van der Waals surface area (Å²) in [4.78, 5) is 17.1. The summed E-state index contributed by atoms with van der Waals surface area (Å²) in [6.45, 7) is 2.07. The normalized spacial score (nSPS) is 14.3. The molecule has 2 aromatic rings. The van der Waals surface area contributed by atoms with Crippen molar-refractivity contribution in [3.05, 3.63) is 52.2 Å². The van der Waals surface area contributed by atoms with Crippen LogP contribution in [0.1, 0.15) is 22.9 Å². The van der Waals surface area contributed by atoms with Gasteiger partial charge < -0.3 is 5.32 Å². The quantitative estimate of drug-likeness (QED) is 0.905. The Balaban J connectivity index is 2.18. The van der Waals surface area contributed by atoms with Crippen LogP contribution in [0.25, 0.3) is 0 Å². The Morgan fingerprint density at radius 1 is 1.35 bits per heavy atom. The lowest BCUT2D eigenvalue weighted by atomic mass is 10.0. The van der Waals surface area contributed by atoms with Gasteiger partial charge in [-0.2, -0.15) is 0 Å². The van der Waals surface area contributed by atoms with E-state index >= 15 is 0 Å². The lowest BCUT2D eigenvalue weighted by Crippen LogP contribution is -2.12.